The summed E-state index contributed by atoms with van der Waals surface area (Å²) in [5, 5.41) is 9.91. The average molecular weight is 355 g/mol. The van der Waals surface area contributed by atoms with Gasteiger partial charge < -0.3 is 24.1 Å². The van der Waals surface area contributed by atoms with Crippen LogP contribution < -0.4 is 4.74 Å². The largest absolute Gasteiger partial charge is 0.475 e. The molecule has 0 saturated heterocycles. The van der Waals surface area contributed by atoms with Crippen molar-refractivity contribution in [3.8, 4) is 5.88 Å². The molecular weight excluding hydrogens is 326 g/mol. The Morgan fingerprint density at radius 2 is 1.84 bits per heavy atom. The number of rotatable bonds is 11. The lowest BCUT2D eigenvalue weighted by atomic mass is 10.1. The second-order valence-corrected chi connectivity index (χ2v) is 6.42. The number of nitrogens with zero attached hydrogens (tertiary/aromatic N) is 1. The molecule has 142 valence electrons. The highest BCUT2D eigenvalue weighted by Gasteiger charge is 2.23. The summed E-state index contributed by atoms with van der Waals surface area (Å²) in [5.74, 6) is -0.180. The van der Waals surface area contributed by atoms with E-state index in [9.17, 15) is 9.90 Å². The van der Waals surface area contributed by atoms with Gasteiger partial charge in [-0.1, -0.05) is 6.07 Å². The summed E-state index contributed by atoms with van der Waals surface area (Å²) < 4.78 is 21.1. The molecule has 1 aromatic rings. The first-order valence-electron chi connectivity index (χ1n) is 8.46. The maximum absolute atomic E-state index is 11.8. The Hall–Kier alpha value is -1.70. The van der Waals surface area contributed by atoms with E-state index in [0.29, 0.717) is 38.9 Å². The van der Waals surface area contributed by atoms with Crippen LogP contribution in [0.4, 0.5) is 0 Å². The van der Waals surface area contributed by atoms with Crippen LogP contribution in [0, 0.1) is 0 Å². The summed E-state index contributed by atoms with van der Waals surface area (Å²) in [6, 6.07) is 3.45. The van der Waals surface area contributed by atoms with E-state index in [4.69, 9.17) is 18.9 Å². The third-order valence-electron chi connectivity index (χ3n) is 2.96. The molecule has 1 heterocycles. The Labute approximate surface area is 149 Å². The molecule has 0 aliphatic rings. The highest BCUT2D eigenvalue weighted by molar-refractivity contribution is 5.75. The summed E-state index contributed by atoms with van der Waals surface area (Å²) in [7, 11) is 0. The summed E-state index contributed by atoms with van der Waals surface area (Å²) >= 11 is 0. The quantitative estimate of drug-likeness (QED) is 0.478. The highest BCUT2D eigenvalue weighted by atomic mass is 16.6. The molecule has 1 N–H and O–H groups in total. The molecule has 7 heteroatoms. The third kappa shape index (κ3) is 10.0. The van der Waals surface area contributed by atoms with Crippen LogP contribution >= 0.6 is 0 Å². The number of aromatic nitrogens is 1. The molecule has 0 aromatic carbocycles. The number of pyridine rings is 1. The van der Waals surface area contributed by atoms with Crippen molar-refractivity contribution in [3.63, 3.8) is 0 Å². The molecule has 1 unspecified atom stereocenters. The second-order valence-electron chi connectivity index (χ2n) is 6.42. The van der Waals surface area contributed by atoms with Crippen LogP contribution in [0.25, 0.3) is 0 Å². The van der Waals surface area contributed by atoms with Gasteiger partial charge in [-0.3, -0.25) is 0 Å². The van der Waals surface area contributed by atoms with Gasteiger partial charge in [-0.2, -0.15) is 0 Å². The van der Waals surface area contributed by atoms with Crippen molar-refractivity contribution in [1.82, 2.24) is 4.98 Å². The minimum absolute atomic E-state index is 0.142. The van der Waals surface area contributed by atoms with Crippen molar-refractivity contribution in [2.45, 2.75) is 45.8 Å². The zero-order valence-electron chi connectivity index (χ0n) is 15.5. The van der Waals surface area contributed by atoms with Gasteiger partial charge in [-0.15, -0.1) is 0 Å². The van der Waals surface area contributed by atoms with Crippen LogP contribution in [0.2, 0.25) is 0 Å². The minimum atomic E-state index is -1.22. The fourth-order valence-corrected chi connectivity index (χ4v) is 1.86. The Morgan fingerprint density at radius 3 is 2.44 bits per heavy atom. The van der Waals surface area contributed by atoms with Crippen LogP contribution in [-0.4, -0.2) is 60.8 Å². The summed E-state index contributed by atoms with van der Waals surface area (Å²) in [4.78, 5) is 15.9. The van der Waals surface area contributed by atoms with Crippen LogP contribution in [0.15, 0.2) is 18.3 Å². The van der Waals surface area contributed by atoms with Crippen LogP contribution in [0.5, 0.6) is 5.88 Å². The Kier molecular flexibility index (Phi) is 9.41. The number of aliphatic hydroxyl groups excluding tert-OH is 1. The van der Waals surface area contributed by atoms with Crippen LogP contribution in [-0.2, 0) is 25.4 Å². The molecule has 0 spiro atoms. The molecular formula is C18H29NO6. The van der Waals surface area contributed by atoms with Crippen molar-refractivity contribution in [2.75, 3.05) is 33.0 Å². The monoisotopic (exact) mass is 355 g/mol. The number of carbonyl (C=O) groups excluding carboxylic acids is 1. The maximum Gasteiger partial charge on any atom is 0.335 e. The van der Waals surface area contributed by atoms with E-state index in [1.807, 2.05) is 6.92 Å². The first kappa shape index (κ1) is 21.3. The number of hydrogen-bond acceptors (Lipinski definition) is 7. The SMILES string of the molecule is CCOCCOCCOc1ccc(CC(O)C(=O)OC(C)(C)C)cn1. The van der Waals surface area contributed by atoms with Gasteiger partial charge in [0.05, 0.1) is 19.8 Å². The van der Waals surface area contributed by atoms with Crippen LogP contribution in [0.1, 0.15) is 33.3 Å². The predicted molar refractivity (Wildman–Crippen MR) is 92.6 cm³/mol. The molecule has 0 radical (unpaired) electrons. The van der Waals surface area contributed by atoms with Gasteiger partial charge in [0.25, 0.3) is 0 Å². The van der Waals surface area contributed by atoms with Gasteiger partial charge in [0.2, 0.25) is 5.88 Å². The average Bonchev–Trinajstić information content (AvgIpc) is 2.54. The normalized spacial score (nSPS) is 12.7. The van der Waals surface area contributed by atoms with E-state index < -0.39 is 17.7 Å². The zero-order chi connectivity index (χ0) is 18.7. The number of ether oxygens (including phenoxy) is 4. The Morgan fingerprint density at radius 1 is 1.16 bits per heavy atom. The van der Waals surface area contributed by atoms with E-state index in [0.717, 1.165) is 5.56 Å². The molecule has 1 aromatic heterocycles. The molecule has 0 saturated carbocycles. The van der Waals surface area contributed by atoms with E-state index in [2.05, 4.69) is 4.98 Å². The van der Waals surface area contributed by atoms with Crippen molar-refractivity contribution in [1.29, 1.82) is 0 Å². The van der Waals surface area contributed by atoms with Gasteiger partial charge in [0, 0.05) is 25.3 Å². The smallest absolute Gasteiger partial charge is 0.335 e. The summed E-state index contributed by atoms with van der Waals surface area (Å²) in [6.45, 7) is 9.83. The first-order chi connectivity index (χ1) is 11.8. The van der Waals surface area contributed by atoms with E-state index in [1.54, 1.807) is 39.1 Å². The molecule has 0 fully saturated rings. The lowest BCUT2D eigenvalue weighted by molar-refractivity contribution is -0.164. The topological polar surface area (TPSA) is 87.1 Å². The molecule has 25 heavy (non-hydrogen) atoms. The van der Waals surface area contributed by atoms with Gasteiger partial charge in [-0.05, 0) is 33.3 Å². The molecule has 0 aliphatic carbocycles. The van der Waals surface area contributed by atoms with E-state index >= 15 is 0 Å². The minimum Gasteiger partial charge on any atom is -0.475 e. The first-order valence-corrected chi connectivity index (χ1v) is 8.46. The number of aliphatic hydroxyl groups is 1. The molecule has 7 nitrogen and oxygen atoms in total. The second kappa shape index (κ2) is 11.0. The Bertz CT molecular complexity index is 497. The van der Waals surface area contributed by atoms with E-state index in [1.165, 1.54) is 0 Å². The Balaban J connectivity index is 2.30. The zero-order valence-corrected chi connectivity index (χ0v) is 15.5. The van der Waals surface area contributed by atoms with Gasteiger partial charge in [0.1, 0.15) is 12.2 Å². The fourth-order valence-electron chi connectivity index (χ4n) is 1.86. The number of esters is 1. The number of carbonyl (C=O) groups is 1. The van der Waals surface area contributed by atoms with Gasteiger partial charge in [-0.25, -0.2) is 9.78 Å². The van der Waals surface area contributed by atoms with Crippen molar-refractivity contribution >= 4 is 5.97 Å². The molecule has 0 amide bonds. The van der Waals surface area contributed by atoms with Crippen molar-refractivity contribution < 1.29 is 28.8 Å². The summed E-state index contributed by atoms with van der Waals surface area (Å²) in [5.41, 5.74) is 0.0948. The fraction of sp³-hybridized carbons (Fsp3) is 0.667. The highest BCUT2D eigenvalue weighted by Crippen LogP contribution is 2.13. The van der Waals surface area contributed by atoms with Gasteiger partial charge in [0.15, 0.2) is 6.10 Å². The van der Waals surface area contributed by atoms with Crippen molar-refractivity contribution in [3.05, 3.63) is 23.9 Å². The third-order valence-corrected chi connectivity index (χ3v) is 2.96. The molecule has 0 aliphatic heterocycles. The maximum atomic E-state index is 11.8. The molecule has 0 bridgehead atoms. The molecule has 1 rings (SSSR count). The predicted octanol–water partition coefficient (Wildman–Crippen LogP) is 1.76. The van der Waals surface area contributed by atoms with E-state index in [-0.39, 0.29) is 6.42 Å². The molecule has 1 atom stereocenters. The summed E-state index contributed by atoms with van der Waals surface area (Å²) in [6.07, 6.45) is 0.494. The lowest BCUT2D eigenvalue weighted by Gasteiger charge is -2.21. The lowest BCUT2D eigenvalue weighted by Crippen LogP contribution is -2.33. The number of hydrogen-bond donors (Lipinski definition) is 1. The van der Waals surface area contributed by atoms with Crippen LogP contribution in [0.3, 0.4) is 0 Å². The van der Waals surface area contributed by atoms with Gasteiger partial charge >= 0.3 is 5.97 Å². The standard InChI is InChI=1S/C18H29NO6/c1-5-22-8-9-23-10-11-24-16-7-6-14(13-19-16)12-15(20)17(21)25-18(2,3)4/h6-7,13,15,20H,5,8-12H2,1-4H3. The van der Waals surface area contributed by atoms with Crippen molar-refractivity contribution in [2.24, 2.45) is 0 Å².